The minimum Gasteiger partial charge on any atom is -0.497 e. The molecule has 0 aliphatic rings. The highest BCUT2D eigenvalue weighted by Crippen LogP contribution is 2.35. The molecule has 0 radical (unpaired) electrons. The van der Waals surface area contributed by atoms with Crippen molar-refractivity contribution in [3.63, 3.8) is 0 Å². The lowest BCUT2D eigenvalue weighted by Gasteiger charge is -2.31. The van der Waals surface area contributed by atoms with E-state index in [9.17, 15) is 0 Å². The molecule has 0 fully saturated rings. The van der Waals surface area contributed by atoms with Crippen LogP contribution in [-0.4, -0.2) is 20.2 Å². The fourth-order valence-electron chi connectivity index (χ4n) is 1.83. The average molecular weight is 324 g/mol. The summed E-state index contributed by atoms with van der Waals surface area (Å²) in [5.74, 6) is 4.13. The molecule has 2 rings (SSSR count). The molecule has 0 saturated carbocycles. The normalized spacial score (nSPS) is 11.6. The Labute approximate surface area is 140 Å². The van der Waals surface area contributed by atoms with Crippen LogP contribution in [0.15, 0.2) is 42.6 Å². The highest BCUT2D eigenvalue weighted by molar-refractivity contribution is 6.87. The van der Waals surface area contributed by atoms with Gasteiger partial charge in [-0.15, -0.1) is 5.54 Å². The van der Waals surface area contributed by atoms with Crippen molar-refractivity contribution in [3.05, 3.63) is 48.3 Å². The molecule has 0 saturated heterocycles. The van der Waals surface area contributed by atoms with E-state index in [-0.39, 0.29) is 5.04 Å². The molecule has 1 aromatic carbocycles. The van der Waals surface area contributed by atoms with Crippen LogP contribution in [0.1, 0.15) is 26.5 Å². The van der Waals surface area contributed by atoms with Gasteiger partial charge in [-0.3, -0.25) is 0 Å². The lowest BCUT2D eigenvalue weighted by molar-refractivity contribution is 0.415. The lowest BCUT2D eigenvalue weighted by atomic mass is 10.1. The first-order chi connectivity index (χ1) is 10.7. The first-order valence-electron chi connectivity index (χ1n) is 7.86. The second-order valence-electron chi connectivity index (χ2n) is 7.29. The quantitative estimate of drug-likeness (QED) is 0.563. The van der Waals surface area contributed by atoms with E-state index in [4.69, 9.17) is 4.74 Å². The van der Waals surface area contributed by atoms with Crippen LogP contribution in [-0.2, 0) is 0 Å². The van der Waals surface area contributed by atoms with Crippen LogP contribution in [0, 0.1) is 11.5 Å². The molecule has 1 heterocycles. The fourth-order valence-corrected chi connectivity index (χ4v) is 2.65. The van der Waals surface area contributed by atoms with Crippen LogP contribution in [0.4, 0.5) is 0 Å². The van der Waals surface area contributed by atoms with Crippen molar-refractivity contribution in [2.75, 3.05) is 7.11 Å². The van der Waals surface area contributed by atoms with Crippen molar-refractivity contribution < 1.29 is 4.74 Å². The monoisotopic (exact) mass is 323 g/mol. The summed E-state index contributed by atoms with van der Waals surface area (Å²) < 4.78 is 5.19. The number of aromatic nitrogens is 1. The summed E-state index contributed by atoms with van der Waals surface area (Å²) in [6.07, 6.45) is 1.89. The molecule has 0 spiro atoms. The summed E-state index contributed by atoms with van der Waals surface area (Å²) in [7, 11) is 0.0823. The van der Waals surface area contributed by atoms with E-state index in [0.29, 0.717) is 0 Å². The topological polar surface area (TPSA) is 22.1 Å². The first-order valence-corrected chi connectivity index (χ1v) is 10.9. The maximum Gasteiger partial charge on any atom is 0.138 e. The van der Waals surface area contributed by atoms with E-state index in [1.165, 1.54) is 0 Å². The Balaban J connectivity index is 2.20. The summed E-state index contributed by atoms with van der Waals surface area (Å²) >= 11 is 0. The Bertz CT molecular complexity index is 713. The molecule has 0 aliphatic carbocycles. The van der Waals surface area contributed by atoms with Gasteiger partial charge in [-0.25, -0.2) is 4.98 Å². The summed E-state index contributed by atoms with van der Waals surface area (Å²) in [6, 6.07) is 12.1. The highest BCUT2D eigenvalue weighted by atomic mass is 28.3. The van der Waals surface area contributed by atoms with Crippen molar-refractivity contribution in [2.24, 2.45) is 0 Å². The lowest BCUT2D eigenvalue weighted by Crippen LogP contribution is -2.35. The standard InChI is InChI=1S/C20H25NOSi/c1-20(2,3)23(5,6)14-13-18-10-7-17(15-21-18)16-8-11-19(22-4)12-9-16/h7-12,15H,1-6H3. The van der Waals surface area contributed by atoms with Gasteiger partial charge in [0.25, 0.3) is 0 Å². The number of methoxy groups -OCH3 is 1. The van der Waals surface area contributed by atoms with E-state index in [0.717, 1.165) is 22.6 Å². The summed E-state index contributed by atoms with van der Waals surface area (Å²) in [5, 5.41) is 0.267. The molecular weight excluding hydrogens is 298 g/mol. The molecule has 0 unspecified atom stereocenters. The fraction of sp³-hybridized carbons (Fsp3) is 0.350. The van der Waals surface area contributed by atoms with Gasteiger partial charge in [-0.1, -0.05) is 58.0 Å². The number of rotatable bonds is 2. The molecule has 0 bridgehead atoms. The van der Waals surface area contributed by atoms with Crippen molar-refractivity contribution in [3.8, 4) is 28.3 Å². The molecule has 2 nitrogen and oxygen atoms in total. The molecule has 2 aromatic rings. The third kappa shape index (κ3) is 4.24. The van der Waals surface area contributed by atoms with E-state index in [1.54, 1.807) is 7.11 Å². The van der Waals surface area contributed by atoms with E-state index >= 15 is 0 Å². The van der Waals surface area contributed by atoms with Crippen LogP contribution >= 0.6 is 0 Å². The Hall–Kier alpha value is -2.05. The van der Waals surface area contributed by atoms with Gasteiger partial charge in [-0.2, -0.15) is 0 Å². The van der Waals surface area contributed by atoms with Crippen molar-refractivity contribution in [2.45, 2.75) is 38.9 Å². The Morgan fingerprint density at radius 1 is 0.957 bits per heavy atom. The Morgan fingerprint density at radius 3 is 2.04 bits per heavy atom. The third-order valence-electron chi connectivity index (χ3n) is 4.56. The molecule has 1 aromatic heterocycles. The van der Waals surface area contributed by atoms with Crippen LogP contribution < -0.4 is 4.74 Å². The summed E-state index contributed by atoms with van der Waals surface area (Å²) in [5.41, 5.74) is 6.55. The zero-order chi connectivity index (χ0) is 17.1. The van der Waals surface area contributed by atoms with Crippen molar-refractivity contribution in [1.82, 2.24) is 4.98 Å². The SMILES string of the molecule is COc1ccc(-c2ccc(C#C[Si](C)(C)C(C)(C)C)nc2)cc1. The molecule has 0 N–H and O–H groups in total. The van der Waals surface area contributed by atoms with Gasteiger partial charge in [0.15, 0.2) is 0 Å². The maximum absolute atomic E-state index is 5.19. The second-order valence-corrected chi connectivity index (χ2v) is 12.3. The Morgan fingerprint density at radius 2 is 1.57 bits per heavy atom. The second kappa shape index (κ2) is 6.60. The van der Waals surface area contributed by atoms with Gasteiger partial charge in [0.1, 0.15) is 19.5 Å². The average Bonchev–Trinajstić information content (AvgIpc) is 2.52. The molecule has 0 aliphatic heterocycles. The predicted molar refractivity (Wildman–Crippen MR) is 100 cm³/mol. The van der Waals surface area contributed by atoms with E-state index in [1.807, 2.05) is 36.5 Å². The number of hydrogen-bond donors (Lipinski definition) is 0. The number of nitrogens with zero attached hydrogens (tertiary/aromatic N) is 1. The first kappa shape index (κ1) is 17.3. The number of ether oxygens (including phenoxy) is 1. The van der Waals surface area contributed by atoms with Crippen LogP contribution in [0.2, 0.25) is 18.1 Å². The van der Waals surface area contributed by atoms with Gasteiger partial charge >= 0.3 is 0 Å². The van der Waals surface area contributed by atoms with Crippen molar-refractivity contribution >= 4 is 8.07 Å². The predicted octanol–water partition coefficient (Wildman–Crippen LogP) is 5.16. The van der Waals surface area contributed by atoms with Crippen LogP contribution in [0.25, 0.3) is 11.1 Å². The van der Waals surface area contributed by atoms with Crippen LogP contribution in [0.5, 0.6) is 5.75 Å². The van der Waals surface area contributed by atoms with E-state index in [2.05, 4.69) is 56.4 Å². The van der Waals surface area contributed by atoms with Gasteiger partial charge in [-0.05, 0) is 28.8 Å². The minimum absolute atomic E-state index is 0.267. The van der Waals surface area contributed by atoms with E-state index < -0.39 is 8.07 Å². The van der Waals surface area contributed by atoms with Gasteiger partial charge < -0.3 is 4.74 Å². The number of hydrogen-bond acceptors (Lipinski definition) is 2. The minimum atomic E-state index is -1.59. The Kier molecular flexibility index (Phi) is 4.96. The maximum atomic E-state index is 5.19. The summed E-state index contributed by atoms with van der Waals surface area (Å²) in [4.78, 5) is 4.50. The molecule has 0 atom stereocenters. The molecule has 3 heteroatoms. The summed E-state index contributed by atoms with van der Waals surface area (Å²) in [6.45, 7) is 11.4. The zero-order valence-electron chi connectivity index (χ0n) is 14.9. The number of benzene rings is 1. The van der Waals surface area contributed by atoms with Crippen molar-refractivity contribution in [1.29, 1.82) is 0 Å². The highest BCUT2D eigenvalue weighted by Gasteiger charge is 2.33. The molecule has 0 amide bonds. The van der Waals surface area contributed by atoms with Gasteiger partial charge in [0, 0.05) is 11.8 Å². The largest absolute Gasteiger partial charge is 0.497 e. The zero-order valence-corrected chi connectivity index (χ0v) is 15.9. The molecular formula is C20H25NOSi. The number of pyridine rings is 1. The van der Waals surface area contributed by atoms with Crippen LogP contribution in [0.3, 0.4) is 0 Å². The molecule has 23 heavy (non-hydrogen) atoms. The van der Waals surface area contributed by atoms with Gasteiger partial charge in [0.2, 0.25) is 0 Å². The third-order valence-corrected chi connectivity index (χ3v) is 9.06. The van der Waals surface area contributed by atoms with Gasteiger partial charge in [0.05, 0.1) is 7.11 Å². The smallest absolute Gasteiger partial charge is 0.138 e. The molecule has 120 valence electrons.